The van der Waals surface area contributed by atoms with E-state index in [0.717, 1.165) is 38.5 Å². The highest BCUT2D eigenvalue weighted by molar-refractivity contribution is 8.77. The van der Waals surface area contributed by atoms with E-state index in [4.69, 9.17) is 5.11 Å². The van der Waals surface area contributed by atoms with Crippen LogP contribution in [0.5, 0.6) is 0 Å². The number of allylic oxidation sites excluding steroid dienone is 12. The summed E-state index contributed by atoms with van der Waals surface area (Å²) in [6.45, 7) is 5.65. The number of nitrogens with one attached hydrogen (secondary N) is 3. The lowest BCUT2D eigenvalue weighted by Crippen LogP contribution is -2.57. The SMILES string of the molecule is CC/C=C\C/C=C\C/C=C\C/C=C\C/C=C\C/C=C\CCC(=O)NCCSSC(C)(C)C(NC(=O)c1cccnc1)C(=O)NCC(O)CO. The van der Waals surface area contributed by atoms with Crippen molar-refractivity contribution in [2.75, 3.05) is 25.4 Å². The van der Waals surface area contributed by atoms with Gasteiger partial charge in [-0.2, -0.15) is 0 Å². The van der Waals surface area contributed by atoms with Crippen molar-refractivity contribution in [1.29, 1.82) is 0 Å². The maximum Gasteiger partial charge on any atom is 0.253 e. The largest absolute Gasteiger partial charge is 0.394 e. The van der Waals surface area contributed by atoms with E-state index in [-0.39, 0.29) is 12.5 Å². The Morgan fingerprint density at radius 3 is 1.98 bits per heavy atom. The summed E-state index contributed by atoms with van der Waals surface area (Å²) in [6, 6.07) is 2.29. The summed E-state index contributed by atoms with van der Waals surface area (Å²) < 4.78 is -0.753. The first-order valence-corrected chi connectivity index (χ1v) is 19.3. The molecule has 0 aliphatic heterocycles. The molecular formula is C38H56N4O5S2. The van der Waals surface area contributed by atoms with Crippen LogP contribution in [0.25, 0.3) is 0 Å². The van der Waals surface area contributed by atoms with Gasteiger partial charge in [0, 0.05) is 42.4 Å². The molecule has 0 aliphatic carbocycles. The molecule has 2 atom stereocenters. The molecule has 1 aromatic rings. The molecule has 0 aliphatic rings. The zero-order valence-electron chi connectivity index (χ0n) is 29.3. The summed E-state index contributed by atoms with van der Waals surface area (Å²) in [6.07, 6.45) is 34.6. The quantitative estimate of drug-likeness (QED) is 0.0422. The standard InChI is InChI=1S/C38H56N4O5S2/c1-4-5-6-7-8-9-10-11-12-13-14-15-16-17-18-19-20-21-22-25-34(45)40-27-28-48-49-38(2,3)35(37(47)41-30-33(44)31-43)42-36(46)32-24-23-26-39-29-32/h5-6,8-9,11-12,14-15,17-18,20-21,23-24,26,29,33,35,43-44H,4,7,10,13,16,19,22,25,27-28,30-31H2,1-3H3,(H,40,45)(H,41,47)(H,42,46)/b6-5-,9-8-,12-11-,15-14-,18-17-,21-20-. The van der Waals surface area contributed by atoms with E-state index in [9.17, 15) is 19.5 Å². The van der Waals surface area contributed by atoms with Gasteiger partial charge in [0.25, 0.3) is 5.91 Å². The van der Waals surface area contributed by atoms with Crippen LogP contribution >= 0.6 is 21.6 Å². The van der Waals surface area contributed by atoms with Gasteiger partial charge in [0.2, 0.25) is 11.8 Å². The van der Waals surface area contributed by atoms with E-state index in [2.05, 4.69) is 94.7 Å². The Labute approximate surface area is 301 Å². The smallest absolute Gasteiger partial charge is 0.253 e. The number of aromatic nitrogens is 1. The van der Waals surface area contributed by atoms with Crippen LogP contribution in [-0.2, 0) is 9.59 Å². The summed E-state index contributed by atoms with van der Waals surface area (Å²) in [7, 11) is 2.91. The average Bonchev–Trinajstić information content (AvgIpc) is 3.10. The molecule has 9 nitrogen and oxygen atoms in total. The van der Waals surface area contributed by atoms with Gasteiger partial charge in [0.05, 0.1) is 18.3 Å². The van der Waals surface area contributed by atoms with Crippen LogP contribution in [0.15, 0.2) is 97.4 Å². The maximum atomic E-state index is 13.0. The number of carbonyl (C=O) groups excluding carboxylic acids is 3. The Hall–Kier alpha value is -3.38. The number of nitrogens with zero attached hydrogens (tertiary/aromatic N) is 1. The fourth-order valence-corrected chi connectivity index (χ4v) is 6.60. The predicted octanol–water partition coefficient (Wildman–Crippen LogP) is 6.40. The van der Waals surface area contributed by atoms with Crippen molar-refractivity contribution in [3.63, 3.8) is 0 Å². The molecule has 49 heavy (non-hydrogen) atoms. The minimum absolute atomic E-state index is 0.0205. The number of amides is 3. The first-order chi connectivity index (χ1) is 23.7. The molecule has 3 amide bonds. The van der Waals surface area contributed by atoms with Gasteiger partial charge in [0.1, 0.15) is 6.04 Å². The second-order valence-electron chi connectivity index (χ2n) is 11.5. The minimum Gasteiger partial charge on any atom is -0.394 e. The summed E-state index contributed by atoms with van der Waals surface area (Å²) in [5.41, 5.74) is 0.316. The highest BCUT2D eigenvalue weighted by atomic mass is 33.1. The van der Waals surface area contributed by atoms with Crippen LogP contribution in [-0.4, -0.2) is 75.3 Å². The highest BCUT2D eigenvalue weighted by Crippen LogP contribution is 2.38. The van der Waals surface area contributed by atoms with Crippen molar-refractivity contribution in [3.05, 3.63) is 103 Å². The van der Waals surface area contributed by atoms with E-state index >= 15 is 0 Å². The van der Waals surface area contributed by atoms with E-state index in [0.29, 0.717) is 30.7 Å². The molecule has 0 aromatic carbocycles. The molecule has 0 bridgehead atoms. The van der Waals surface area contributed by atoms with Crippen LogP contribution in [0.3, 0.4) is 0 Å². The number of hydrogen-bond donors (Lipinski definition) is 5. The van der Waals surface area contributed by atoms with Gasteiger partial charge in [0.15, 0.2) is 0 Å². The lowest BCUT2D eigenvalue weighted by Gasteiger charge is -2.33. The molecule has 0 saturated heterocycles. The van der Waals surface area contributed by atoms with Gasteiger partial charge >= 0.3 is 0 Å². The third-order valence-electron chi connectivity index (χ3n) is 6.80. The molecule has 0 fully saturated rings. The molecule has 0 radical (unpaired) electrons. The molecule has 1 rings (SSSR count). The van der Waals surface area contributed by atoms with Gasteiger partial charge in [-0.1, -0.05) is 101 Å². The van der Waals surface area contributed by atoms with E-state index in [1.807, 2.05) is 19.9 Å². The number of carbonyl (C=O) groups is 3. The lowest BCUT2D eigenvalue weighted by atomic mass is 10.0. The first kappa shape index (κ1) is 43.6. The Bertz CT molecular complexity index is 1250. The first-order valence-electron chi connectivity index (χ1n) is 17.0. The molecule has 1 heterocycles. The Kier molecular flexibility index (Phi) is 25.3. The number of aliphatic hydroxyl groups excluding tert-OH is 2. The zero-order chi connectivity index (χ0) is 36.0. The van der Waals surface area contributed by atoms with Crippen LogP contribution in [0.2, 0.25) is 0 Å². The second kappa shape index (κ2) is 28.5. The monoisotopic (exact) mass is 712 g/mol. The molecule has 0 saturated carbocycles. The lowest BCUT2D eigenvalue weighted by molar-refractivity contribution is -0.124. The summed E-state index contributed by atoms with van der Waals surface area (Å²) in [5, 5.41) is 27.1. The maximum absolute atomic E-state index is 13.0. The van der Waals surface area contributed by atoms with Crippen molar-refractivity contribution >= 4 is 39.3 Å². The fourth-order valence-electron chi connectivity index (χ4n) is 4.07. The molecule has 11 heteroatoms. The molecule has 1 aromatic heterocycles. The predicted molar refractivity (Wildman–Crippen MR) is 206 cm³/mol. The topological polar surface area (TPSA) is 141 Å². The van der Waals surface area contributed by atoms with Crippen molar-refractivity contribution in [1.82, 2.24) is 20.9 Å². The highest BCUT2D eigenvalue weighted by Gasteiger charge is 2.37. The average molecular weight is 713 g/mol. The van der Waals surface area contributed by atoms with Crippen LogP contribution in [0.4, 0.5) is 0 Å². The van der Waals surface area contributed by atoms with Gasteiger partial charge < -0.3 is 26.2 Å². The molecular weight excluding hydrogens is 657 g/mol. The summed E-state index contributed by atoms with van der Waals surface area (Å²) in [4.78, 5) is 42.1. The third-order valence-corrected chi connectivity index (χ3v) is 10.1. The van der Waals surface area contributed by atoms with Crippen molar-refractivity contribution < 1.29 is 24.6 Å². The van der Waals surface area contributed by atoms with E-state index in [1.54, 1.807) is 18.3 Å². The summed E-state index contributed by atoms with van der Waals surface area (Å²) in [5.74, 6) is -0.347. The van der Waals surface area contributed by atoms with Crippen LogP contribution in [0.1, 0.15) is 82.5 Å². The van der Waals surface area contributed by atoms with Crippen molar-refractivity contribution in [3.8, 4) is 0 Å². The zero-order valence-corrected chi connectivity index (χ0v) is 30.9. The van der Waals surface area contributed by atoms with Crippen LogP contribution < -0.4 is 16.0 Å². The Morgan fingerprint density at radius 1 is 0.878 bits per heavy atom. The van der Waals surface area contributed by atoms with Gasteiger partial charge in [-0.05, 0) is 70.9 Å². The number of hydrogen-bond acceptors (Lipinski definition) is 8. The van der Waals surface area contributed by atoms with E-state index in [1.165, 1.54) is 27.8 Å². The molecule has 2 unspecified atom stereocenters. The normalized spacial score (nSPS) is 13.7. The summed E-state index contributed by atoms with van der Waals surface area (Å²) >= 11 is 0. The van der Waals surface area contributed by atoms with E-state index < -0.39 is 35.3 Å². The number of aliphatic hydroxyl groups is 2. The number of rotatable bonds is 26. The van der Waals surface area contributed by atoms with Gasteiger partial charge in [-0.3, -0.25) is 19.4 Å². The van der Waals surface area contributed by atoms with Crippen molar-refractivity contribution in [2.45, 2.75) is 89.0 Å². The van der Waals surface area contributed by atoms with Crippen LogP contribution in [0, 0.1) is 0 Å². The Balaban J connectivity index is 2.29. The third kappa shape index (κ3) is 22.8. The second-order valence-corrected chi connectivity index (χ2v) is 14.6. The number of pyridine rings is 1. The van der Waals surface area contributed by atoms with Gasteiger partial charge in [-0.25, -0.2) is 0 Å². The Morgan fingerprint density at radius 2 is 1.45 bits per heavy atom. The molecule has 270 valence electrons. The van der Waals surface area contributed by atoms with Crippen molar-refractivity contribution in [2.24, 2.45) is 0 Å². The minimum atomic E-state index is -1.10. The van der Waals surface area contributed by atoms with Gasteiger partial charge in [-0.15, -0.1) is 0 Å². The molecule has 5 N–H and O–H groups in total. The molecule has 0 spiro atoms. The fraction of sp³-hybridized carbons (Fsp3) is 0.474.